The van der Waals surface area contributed by atoms with Gasteiger partial charge in [0.15, 0.2) is 0 Å². The topological polar surface area (TPSA) is 23.8 Å². The number of hydrogen-bond donors (Lipinski definition) is 1. The molecule has 0 fully saturated rings. The Morgan fingerprint density at radius 3 is 2.00 bits per heavy atom. The zero-order valence-corrected chi connectivity index (χ0v) is 6.77. The zero-order chi connectivity index (χ0) is 8.04. The third-order valence-electron chi connectivity index (χ3n) is 1.17. The number of allylic oxidation sites excluding steroid dienone is 2. The SMILES string of the molecule is C=CCC(S)(C#N)CC=C. The number of nitriles is 1. The van der Waals surface area contributed by atoms with E-state index in [1.54, 1.807) is 12.2 Å². The fourth-order valence-corrected chi connectivity index (χ4v) is 0.910. The molecular weight excluding hydrogens is 142 g/mol. The van der Waals surface area contributed by atoms with Crippen molar-refractivity contribution in [2.24, 2.45) is 0 Å². The molecule has 1 nitrogen and oxygen atoms in total. The molecule has 0 saturated carbocycles. The monoisotopic (exact) mass is 153 g/mol. The number of nitrogens with zero attached hydrogens (tertiary/aromatic N) is 1. The Labute approximate surface area is 67.5 Å². The molecule has 0 saturated heterocycles. The maximum absolute atomic E-state index is 8.63. The van der Waals surface area contributed by atoms with Crippen LogP contribution in [0.1, 0.15) is 12.8 Å². The van der Waals surface area contributed by atoms with Gasteiger partial charge in [-0.3, -0.25) is 0 Å². The molecule has 2 heteroatoms. The van der Waals surface area contributed by atoms with E-state index in [1.165, 1.54) is 0 Å². The van der Waals surface area contributed by atoms with Crippen molar-refractivity contribution >= 4 is 12.6 Å². The fraction of sp³-hybridized carbons (Fsp3) is 0.375. The van der Waals surface area contributed by atoms with Crippen molar-refractivity contribution in [1.82, 2.24) is 0 Å². The average Bonchev–Trinajstić information content (AvgIpc) is 1.89. The Morgan fingerprint density at radius 2 is 1.80 bits per heavy atom. The van der Waals surface area contributed by atoms with E-state index in [0.717, 1.165) is 0 Å². The van der Waals surface area contributed by atoms with E-state index in [-0.39, 0.29) is 0 Å². The van der Waals surface area contributed by atoms with Crippen LogP contribution in [-0.2, 0) is 0 Å². The van der Waals surface area contributed by atoms with Crippen molar-refractivity contribution < 1.29 is 0 Å². The summed E-state index contributed by atoms with van der Waals surface area (Å²) in [6.45, 7) is 7.08. The lowest BCUT2D eigenvalue weighted by atomic mass is 10.0. The summed E-state index contributed by atoms with van der Waals surface area (Å²) in [5, 5.41) is 8.63. The third-order valence-corrected chi connectivity index (χ3v) is 1.64. The largest absolute Gasteiger partial charge is 0.197 e. The molecule has 10 heavy (non-hydrogen) atoms. The number of rotatable bonds is 4. The van der Waals surface area contributed by atoms with Gasteiger partial charge in [-0.25, -0.2) is 0 Å². The zero-order valence-electron chi connectivity index (χ0n) is 5.88. The van der Waals surface area contributed by atoms with Crippen molar-refractivity contribution in [3.63, 3.8) is 0 Å². The summed E-state index contributed by atoms with van der Waals surface area (Å²) in [5.41, 5.74) is 0. The van der Waals surface area contributed by atoms with Crippen molar-refractivity contribution in [2.75, 3.05) is 0 Å². The van der Waals surface area contributed by atoms with Gasteiger partial charge in [0.1, 0.15) is 4.75 Å². The van der Waals surface area contributed by atoms with Crippen molar-refractivity contribution in [3.8, 4) is 6.07 Å². The van der Waals surface area contributed by atoms with Gasteiger partial charge in [0.2, 0.25) is 0 Å². The molecule has 0 atom stereocenters. The van der Waals surface area contributed by atoms with Gasteiger partial charge in [0.25, 0.3) is 0 Å². The van der Waals surface area contributed by atoms with Gasteiger partial charge in [-0.15, -0.1) is 13.2 Å². The van der Waals surface area contributed by atoms with Crippen LogP contribution in [0, 0.1) is 11.3 Å². The van der Waals surface area contributed by atoms with E-state index in [1.807, 2.05) is 0 Å². The van der Waals surface area contributed by atoms with Gasteiger partial charge < -0.3 is 0 Å². The van der Waals surface area contributed by atoms with Gasteiger partial charge in [0.05, 0.1) is 6.07 Å². The minimum absolute atomic E-state index is 0.594. The van der Waals surface area contributed by atoms with E-state index in [4.69, 9.17) is 5.26 Å². The molecule has 0 aromatic carbocycles. The molecule has 0 amide bonds. The van der Waals surface area contributed by atoms with Crippen LogP contribution in [0.25, 0.3) is 0 Å². The molecule has 0 spiro atoms. The van der Waals surface area contributed by atoms with Crippen LogP contribution in [0.5, 0.6) is 0 Å². The van der Waals surface area contributed by atoms with Gasteiger partial charge in [0, 0.05) is 0 Å². The summed E-state index contributed by atoms with van der Waals surface area (Å²) in [7, 11) is 0. The Hall–Kier alpha value is -0.680. The second-order valence-electron chi connectivity index (χ2n) is 2.13. The summed E-state index contributed by atoms with van der Waals surface area (Å²) in [6, 6.07) is 2.10. The Morgan fingerprint density at radius 1 is 1.40 bits per heavy atom. The Balaban J connectivity index is 4.09. The summed E-state index contributed by atoms with van der Waals surface area (Å²) in [5.74, 6) is 0. The number of thiol groups is 1. The molecule has 0 aromatic heterocycles. The molecule has 0 aliphatic carbocycles. The predicted octanol–water partition coefficient (Wildman–Crippen LogP) is 2.33. The lowest BCUT2D eigenvalue weighted by Gasteiger charge is -2.14. The van der Waals surface area contributed by atoms with E-state index in [9.17, 15) is 0 Å². The summed E-state index contributed by atoms with van der Waals surface area (Å²) in [6.07, 6.45) is 4.58. The summed E-state index contributed by atoms with van der Waals surface area (Å²) >= 11 is 4.18. The first-order chi connectivity index (χ1) is 4.68. The van der Waals surface area contributed by atoms with Crippen molar-refractivity contribution in [3.05, 3.63) is 25.3 Å². The quantitative estimate of drug-likeness (QED) is 0.486. The highest BCUT2D eigenvalue weighted by Crippen LogP contribution is 2.23. The van der Waals surface area contributed by atoms with E-state index >= 15 is 0 Å². The van der Waals surface area contributed by atoms with Gasteiger partial charge in [-0.2, -0.15) is 17.9 Å². The number of hydrogen-bond acceptors (Lipinski definition) is 2. The van der Waals surface area contributed by atoms with Gasteiger partial charge >= 0.3 is 0 Å². The van der Waals surface area contributed by atoms with Crippen LogP contribution in [-0.4, -0.2) is 4.75 Å². The van der Waals surface area contributed by atoms with Crippen LogP contribution in [0.4, 0.5) is 0 Å². The first kappa shape index (κ1) is 9.32. The normalized spacial score (nSPS) is 10.0. The molecule has 0 heterocycles. The maximum Gasteiger partial charge on any atom is 0.106 e. The lowest BCUT2D eigenvalue weighted by Crippen LogP contribution is -2.16. The van der Waals surface area contributed by atoms with E-state index in [2.05, 4.69) is 31.9 Å². The molecular formula is C8H11NS. The molecule has 0 N–H and O–H groups in total. The smallest absolute Gasteiger partial charge is 0.106 e. The molecule has 0 rings (SSSR count). The van der Waals surface area contributed by atoms with Gasteiger partial charge in [-0.05, 0) is 12.8 Å². The van der Waals surface area contributed by atoms with Crippen LogP contribution in [0.2, 0.25) is 0 Å². The lowest BCUT2D eigenvalue weighted by molar-refractivity contribution is 0.756. The summed E-state index contributed by atoms with van der Waals surface area (Å²) in [4.78, 5) is 0. The highest BCUT2D eigenvalue weighted by molar-refractivity contribution is 7.82. The second-order valence-corrected chi connectivity index (χ2v) is 2.99. The van der Waals surface area contributed by atoms with Crippen LogP contribution >= 0.6 is 12.6 Å². The highest BCUT2D eigenvalue weighted by atomic mass is 32.1. The summed E-state index contributed by atoms with van der Waals surface area (Å²) < 4.78 is -0.594. The van der Waals surface area contributed by atoms with E-state index < -0.39 is 4.75 Å². The van der Waals surface area contributed by atoms with Crippen molar-refractivity contribution in [2.45, 2.75) is 17.6 Å². The van der Waals surface area contributed by atoms with Gasteiger partial charge in [-0.1, -0.05) is 12.2 Å². The predicted molar refractivity (Wildman–Crippen MR) is 47.0 cm³/mol. The van der Waals surface area contributed by atoms with Crippen LogP contribution < -0.4 is 0 Å². The van der Waals surface area contributed by atoms with Crippen LogP contribution in [0.15, 0.2) is 25.3 Å². The van der Waals surface area contributed by atoms with E-state index in [0.29, 0.717) is 12.8 Å². The molecule has 0 aliphatic heterocycles. The standard InChI is InChI=1S/C8H11NS/c1-3-5-8(10,7-9)6-4-2/h3-4,10H,1-2,5-6H2. The minimum atomic E-state index is -0.594. The molecule has 0 radical (unpaired) electrons. The first-order valence-electron chi connectivity index (χ1n) is 3.04. The molecule has 0 unspecified atom stereocenters. The second kappa shape index (κ2) is 4.19. The Bertz CT molecular complexity index is 157. The molecule has 0 aliphatic rings. The minimum Gasteiger partial charge on any atom is -0.197 e. The maximum atomic E-state index is 8.63. The average molecular weight is 153 g/mol. The molecule has 54 valence electrons. The third kappa shape index (κ3) is 2.75. The molecule has 0 aromatic rings. The molecule has 0 bridgehead atoms. The first-order valence-corrected chi connectivity index (χ1v) is 3.48. The van der Waals surface area contributed by atoms with Crippen molar-refractivity contribution in [1.29, 1.82) is 5.26 Å². The fourth-order valence-electron chi connectivity index (χ4n) is 0.652. The Kier molecular flexibility index (Phi) is 3.90. The van der Waals surface area contributed by atoms with Crippen LogP contribution in [0.3, 0.4) is 0 Å². The highest BCUT2D eigenvalue weighted by Gasteiger charge is 2.20.